The lowest BCUT2D eigenvalue weighted by Gasteiger charge is -2.63. The Labute approximate surface area is 189 Å². The van der Waals surface area contributed by atoms with Crippen molar-refractivity contribution < 1.29 is 14.3 Å². The van der Waals surface area contributed by atoms with Crippen molar-refractivity contribution in [2.45, 2.75) is 104 Å². The number of esters is 1. The summed E-state index contributed by atoms with van der Waals surface area (Å²) in [6.45, 7) is 9.23. The molecule has 4 rings (SSSR count). The van der Waals surface area contributed by atoms with Crippen LogP contribution in [-0.4, -0.2) is 25.0 Å². The van der Waals surface area contributed by atoms with E-state index in [2.05, 4.69) is 26.1 Å². The number of carbonyl (C=O) groups is 2. The summed E-state index contributed by atoms with van der Waals surface area (Å²) in [4.78, 5) is 23.9. The second-order valence-electron chi connectivity index (χ2n) is 12.1. The minimum atomic E-state index is -0.0791. The Morgan fingerprint density at radius 1 is 1.03 bits per heavy atom. The highest BCUT2D eigenvalue weighted by molar-refractivity contribution is 5.73. The Balaban J connectivity index is 1.59. The molecule has 4 heteroatoms. The summed E-state index contributed by atoms with van der Waals surface area (Å²) in [5.74, 6) is 4.16. The molecule has 0 aromatic carbocycles. The highest BCUT2D eigenvalue weighted by Crippen LogP contribution is 2.68. The average Bonchev–Trinajstić information content (AvgIpc) is 3.08. The highest BCUT2D eigenvalue weighted by Gasteiger charge is 2.62. The lowest BCUT2D eigenvalue weighted by atomic mass is 9.43. The molecule has 1 N–H and O–H groups in total. The lowest BCUT2D eigenvalue weighted by Crippen LogP contribution is -2.61. The Morgan fingerprint density at radius 2 is 1.77 bits per heavy atom. The second-order valence-corrected chi connectivity index (χ2v) is 12.1. The first-order valence-electron chi connectivity index (χ1n) is 13.0. The topological polar surface area (TPSA) is 55.4 Å². The van der Waals surface area contributed by atoms with Crippen molar-refractivity contribution in [2.75, 3.05) is 7.11 Å². The molecule has 4 fully saturated rings. The Hall–Kier alpha value is -1.06. The zero-order valence-electron chi connectivity index (χ0n) is 20.5. The summed E-state index contributed by atoms with van der Waals surface area (Å²) in [5.41, 5.74) is 0.805. The fourth-order valence-electron chi connectivity index (χ4n) is 9.33. The highest BCUT2D eigenvalue weighted by atomic mass is 16.5. The van der Waals surface area contributed by atoms with Crippen molar-refractivity contribution in [3.63, 3.8) is 0 Å². The number of ether oxygens (including phenoxy) is 1. The van der Waals surface area contributed by atoms with Crippen molar-refractivity contribution in [3.8, 4) is 0 Å². The van der Waals surface area contributed by atoms with Crippen LogP contribution >= 0.6 is 0 Å². The van der Waals surface area contributed by atoms with Gasteiger partial charge in [-0.1, -0.05) is 33.6 Å². The average molecular weight is 432 g/mol. The third-order valence-corrected chi connectivity index (χ3v) is 10.8. The second kappa shape index (κ2) is 8.71. The third-order valence-electron chi connectivity index (χ3n) is 10.8. The smallest absolute Gasteiger partial charge is 0.305 e. The van der Waals surface area contributed by atoms with Crippen LogP contribution in [-0.2, 0) is 14.3 Å². The van der Waals surface area contributed by atoms with Gasteiger partial charge in [-0.15, -0.1) is 0 Å². The van der Waals surface area contributed by atoms with Gasteiger partial charge in [-0.25, -0.2) is 0 Å². The zero-order valence-corrected chi connectivity index (χ0v) is 20.5. The van der Waals surface area contributed by atoms with Gasteiger partial charge in [0.15, 0.2) is 0 Å². The molecule has 1 amide bonds. The van der Waals surface area contributed by atoms with Crippen molar-refractivity contribution in [1.29, 1.82) is 0 Å². The summed E-state index contributed by atoms with van der Waals surface area (Å²) in [6.07, 6.45) is 13.4. The van der Waals surface area contributed by atoms with Gasteiger partial charge in [0.05, 0.1) is 7.11 Å². The zero-order chi connectivity index (χ0) is 22.4. The predicted molar refractivity (Wildman–Crippen MR) is 123 cm³/mol. The number of nitrogens with one attached hydrogen (secondary N) is 1. The number of fused-ring (bicyclic) bond motifs is 5. The molecule has 4 saturated carbocycles. The number of amides is 1. The van der Waals surface area contributed by atoms with E-state index in [0.29, 0.717) is 47.0 Å². The van der Waals surface area contributed by atoms with Gasteiger partial charge in [0, 0.05) is 19.4 Å². The van der Waals surface area contributed by atoms with E-state index in [4.69, 9.17) is 4.74 Å². The molecule has 4 unspecified atom stereocenters. The van der Waals surface area contributed by atoms with Crippen LogP contribution in [0.4, 0.5) is 0 Å². The maximum atomic E-state index is 12.2. The molecule has 0 radical (unpaired) electrons. The monoisotopic (exact) mass is 431 g/mol. The minimum Gasteiger partial charge on any atom is -0.469 e. The lowest BCUT2D eigenvalue weighted by molar-refractivity contribution is -0.142. The Bertz CT molecular complexity index is 692. The van der Waals surface area contributed by atoms with Gasteiger partial charge in [0.1, 0.15) is 0 Å². The van der Waals surface area contributed by atoms with Crippen molar-refractivity contribution >= 4 is 11.9 Å². The van der Waals surface area contributed by atoms with Crippen molar-refractivity contribution in [1.82, 2.24) is 5.32 Å². The van der Waals surface area contributed by atoms with E-state index in [1.165, 1.54) is 64.9 Å². The fourth-order valence-corrected chi connectivity index (χ4v) is 9.33. The van der Waals surface area contributed by atoms with Gasteiger partial charge >= 0.3 is 5.97 Å². The van der Waals surface area contributed by atoms with Gasteiger partial charge in [-0.05, 0) is 97.7 Å². The van der Waals surface area contributed by atoms with E-state index in [0.717, 1.165) is 18.3 Å². The molecule has 4 aliphatic rings. The minimum absolute atomic E-state index is 0.0791. The number of hydrogen-bond donors (Lipinski definition) is 1. The van der Waals surface area contributed by atoms with E-state index >= 15 is 0 Å². The van der Waals surface area contributed by atoms with E-state index in [1.54, 1.807) is 6.92 Å². The standard InChI is InChI=1S/C27H45NO3/c1-17(9-12-24(30)31-5)20-10-11-21-25-22(13-15-27(20,21)4)26(3)14-7-6-8-19(26)16-23(25)28-18(2)29/h17,19-23,25H,6-16H2,1-5H3,(H,28,29)/t17?,19-,20-,21?,22?,23+,25?,26+,27-/m1/s1. The predicted octanol–water partition coefficient (Wildman–Crippen LogP) is 5.74. The maximum Gasteiger partial charge on any atom is 0.305 e. The molecule has 31 heavy (non-hydrogen) atoms. The molecule has 9 atom stereocenters. The van der Waals surface area contributed by atoms with Gasteiger partial charge < -0.3 is 10.1 Å². The normalized spacial score (nSPS) is 45.1. The maximum absolute atomic E-state index is 12.2. The van der Waals surface area contributed by atoms with Crippen LogP contribution in [0.25, 0.3) is 0 Å². The summed E-state index contributed by atoms with van der Waals surface area (Å²) in [7, 11) is 1.49. The first kappa shape index (κ1) is 23.1. The molecule has 4 nitrogen and oxygen atoms in total. The van der Waals surface area contributed by atoms with Crippen molar-refractivity contribution in [2.24, 2.45) is 46.3 Å². The van der Waals surface area contributed by atoms with E-state index in [9.17, 15) is 9.59 Å². The van der Waals surface area contributed by atoms with Gasteiger partial charge in [0.2, 0.25) is 5.91 Å². The number of methoxy groups -OCH3 is 1. The first-order chi connectivity index (χ1) is 14.7. The van der Waals surface area contributed by atoms with Crippen LogP contribution in [0.2, 0.25) is 0 Å². The SMILES string of the molecule is COC(=O)CCC(C)[C@H]1CCC2C3C(CC[C@@]21C)[C@@]1(C)CCCC[C@@H]1C[C@@H]3NC(C)=O. The van der Waals surface area contributed by atoms with Crippen LogP contribution < -0.4 is 5.32 Å². The molecule has 4 aliphatic carbocycles. The van der Waals surface area contributed by atoms with Gasteiger partial charge in [-0.2, -0.15) is 0 Å². The first-order valence-corrected chi connectivity index (χ1v) is 13.0. The van der Waals surface area contributed by atoms with E-state index < -0.39 is 0 Å². The molecule has 0 saturated heterocycles. The molecular formula is C27H45NO3. The molecule has 0 aliphatic heterocycles. The van der Waals surface area contributed by atoms with Gasteiger partial charge in [0.25, 0.3) is 0 Å². The van der Waals surface area contributed by atoms with Crippen LogP contribution in [0.15, 0.2) is 0 Å². The van der Waals surface area contributed by atoms with Gasteiger partial charge in [-0.3, -0.25) is 9.59 Å². The Kier molecular flexibility index (Phi) is 6.49. The quantitative estimate of drug-likeness (QED) is 0.565. The van der Waals surface area contributed by atoms with E-state index in [1.807, 2.05) is 0 Å². The third kappa shape index (κ3) is 3.95. The summed E-state index contributed by atoms with van der Waals surface area (Å²) in [6, 6.07) is 0.354. The summed E-state index contributed by atoms with van der Waals surface area (Å²) < 4.78 is 4.90. The number of hydrogen-bond acceptors (Lipinski definition) is 3. The molecule has 176 valence electrons. The molecule has 0 bridgehead atoms. The molecule has 0 aromatic rings. The molecule has 0 spiro atoms. The number of rotatable bonds is 5. The largest absolute Gasteiger partial charge is 0.469 e. The molecule has 0 heterocycles. The fraction of sp³-hybridized carbons (Fsp3) is 0.926. The van der Waals surface area contributed by atoms with Crippen LogP contribution in [0.1, 0.15) is 98.3 Å². The van der Waals surface area contributed by atoms with Crippen LogP contribution in [0.5, 0.6) is 0 Å². The molecule has 0 aromatic heterocycles. The summed E-state index contributed by atoms with van der Waals surface area (Å²) in [5, 5.41) is 3.45. The number of carbonyl (C=O) groups excluding carboxylic acids is 2. The Morgan fingerprint density at radius 3 is 2.48 bits per heavy atom. The van der Waals surface area contributed by atoms with Crippen LogP contribution in [0, 0.1) is 46.3 Å². The van der Waals surface area contributed by atoms with E-state index in [-0.39, 0.29) is 11.9 Å². The summed E-state index contributed by atoms with van der Waals surface area (Å²) >= 11 is 0. The van der Waals surface area contributed by atoms with Crippen LogP contribution in [0.3, 0.4) is 0 Å². The molecular weight excluding hydrogens is 386 g/mol. The van der Waals surface area contributed by atoms with Crippen molar-refractivity contribution in [3.05, 3.63) is 0 Å².